The first-order chi connectivity index (χ1) is 17.8. The van der Waals surface area contributed by atoms with Crippen molar-refractivity contribution >= 4 is 0 Å². The van der Waals surface area contributed by atoms with Gasteiger partial charge in [-0.15, -0.1) is 0 Å². The predicted octanol–water partition coefficient (Wildman–Crippen LogP) is 11.8. The van der Waals surface area contributed by atoms with Crippen LogP contribution in [0.15, 0.2) is 12.2 Å². The Morgan fingerprint density at radius 2 is 0.694 bits per heavy atom. The van der Waals surface area contributed by atoms with Crippen LogP contribution in [0.4, 0.5) is 0 Å². The Balaban J connectivity index is 2.75. The van der Waals surface area contributed by atoms with Gasteiger partial charge in [0, 0.05) is 6.61 Å². The van der Waals surface area contributed by atoms with E-state index >= 15 is 0 Å². The average molecular weight is 505 g/mol. The van der Waals surface area contributed by atoms with E-state index in [9.17, 15) is 0 Å². The second kappa shape index (κ2) is 25.0. The zero-order chi connectivity index (χ0) is 26.1. The second-order valence-corrected chi connectivity index (χ2v) is 12.3. The van der Waals surface area contributed by atoms with Crippen LogP contribution >= 0.6 is 0 Å². The summed E-state index contributed by atoms with van der Waals surface area (Å²) in [5, 5.41) is 9.08. The molecule has 0 amide bonds. The zero-order valence-electron chi connectivity index (χ0n) is 25.3. The smallest absolute Gasteiger partial charge is 0.0431 e. The fourth-order valence-corrected chi connectivity index (χ4v) is 6.83. The summed E-state index contributed by atoms with van der Waals surface area (Å²) < 4.78 is 0. The van der Waals surface area contributed by atoms with Crippen LogP contribution in [0.1, 0.15) is 181 Å². The molecule has 0 aromatic heterocycles. The van der Waals surface area contributed by atoms with Crippen molar-refractivity contribution in [3.05, 3.63) is 12.2 Å². The molecule has 4 unspecified atom stereocenters. The van der Waals surface area contributed by atoms with E-state index in [-0.39, 0.29) is 0 Å². The van der Waals surface area contributed by atoms with Crippen LogP contribution in [0, 0.1) is 23.7 Å². The summed E-state index contributed by atoms with van der Waals surface area (Å²) in [4.78, 5) is 0. The molecule has 0 bridgehead atoms. The highest BCUT2D eigenvalue weighted by molar-refractivity contribution is 5.05. The number of hydrogen-bond donors (Lipinski definition) is 1. The van der Waals surface area contributed by atoms with Crippen LogP contribution < -0.4 is 0 Å². The Morgan fingerprint density at radius 1 is 0.389 bits per heavy atom. The van der Waals surface area contributed by atoms with Crippen molar-refractivity contribution in [2.45, 2.75) is 181 Å². The summed E-state index contributed by atoms with van der Waals surface area (Å²) >= 11 is 0. The molecule has 0 aromatic carbocycles. The van der Waals surface area contributed by atoms with Gasteiger partial charge in [-0.2, -0.15) is 0 Å². The minimum absolute atomic E-state index is 0.367. The third-order valence-corrected chi connectivity index (χ3v) is 9.12. The van der Waals surface area contributed by atoms with Crippen LogP contribution in [0.5, 0.6) is 0 Å². The maximum absolute atomic E-state index is 9.08. The average Bonchev–Trinajstić information content (AvgIpc) is 2.89. The lowest BCUT2D eigenvalue weighted by molar-refractivity contribution is 0.145. The number of unbranched alkanes of at least 4 members (excludes halogenated alkanes) is 17. The van der Waals surface area contributed by atoms with Crippen LogP contribution in [-0.4, -0.2) is 11.7 Å². The summed E-state index contributed by atoms with van der Waals surface area (Å²) in [6, 6.07) is 0. The molecular formula is C35H68O. The molecule has 0 radical (unpaired) electrons. The minimum Gasteiger partial charge on any atom is -0.396 e. The Bertz CT molecular complexity index is 469. The summed E-state index contributed by atoms with van der Waals surface area (Å²) in [6.45, 7) is 7.37. The Kier molecular flexibility index (Phi) is 23.4. The molecule has 1 rings (SSSR count). The maximum Gasteiger partial charge on any atom is 0.0431 e. The predicted molar refractivity (Wildman–Crippen MR) is 163 cm³/mol. The van der Waals surface area contributed by atoms with Gasteiger partial charge < -0.3 is 5.11 Å². The number of hydrogen-bond acceptors (Lipinski definition) is 1. The topological polar surface area (TPSA) is 20.2 Å². The first-order valence-electron chi connectivity index (χ1n) is 17.1. The fraction of sp³-hybridized carbons (Fsp3) is 0.943. The lowest BCUT2D eigenvalue weighted by Crippen LogP contribution is -2.32. The molecule has 1 aliphatic carbocycles. The van der Waals surface area contributed by atoms with Crippen LogP contribution in [0.3, 0.4) is 0 Å². The molecule has 0 saturated heterocycles. The molecule has 0 saturated carbocycles. The third-order valence-electron chi connectivity index (χ3n) is 9.12. The Hall–Kier alpha value is -0.300. The highest BCUT2D eigenvalue weighted by atomic mass is 16.2. The van der Waals surface area contributed by atoms with Gasteiger partial charge in [-0.1, -0.05) is 161 Å². The number of allylic oxidation sites excluding steroid dienone is 2. The highest BCUT2D eigenvalue weighted by Crippen LogP contribution is 2.44. The van der Waals surface area contributed by atoms with Crippen molar-refractivity contribution < 1.29 is 5.11 Å². The van der Waals surface area contributed by atoms with E-state index in [4.69, 9.17) is 5.11 Å². The first kappa shape index (κ1) is 33.7. The molecule has 0 aliphatic heterocycles. The molecule has 214 valence electrons. The van der Waals surface area contributed by atoms with Crippen LogP contribution in [0.25, 0.3) is 0 Å². The van der Waals surface area contributed by atoms with Gasteiger partial charge in [-0.05, 0) is 55.8 Å². The van der Waals surface area contributed by atoms with Gasteiger partial charge in [-0.25, -0.2) is 0 Å². The van der Waals surface area contributed by atoms with E-state index in [0.717, 1.165) is 30.1 Å². The van der Waals surface area contributed by atoms with E-state index in [2.05, 4.69) is 32.9 Å². The Labute approximate surface area is 228 Å². The standard InChI is InChI=1S/C35H68O/c1-4-7-10-13-17-22-27-34-32(25-20-12-9-6-3)29-30-33(26-21-16-15-19-24-31-36)35(34)28-23-18-14-11-8-5-2/h29-30,32-36H,4-28,31H2,1-3H3. The van der Waals surface area contributed by atoms with Gasteiger partial charge in [0.2, 0.25) is 0 Å². The molecule has 4 atom stereocenters. The second-order valence-electron chi connectivity index (χ2n) is 12.3. The fourth-order valence-electron chi connectivity index (χ4n) is 6.83. The molecule has 1 nitrogen and oxygen atoms in total. The molecule has 0 aromatic rings. The maximum atomic E-state index is 9.08. The quantitative estimate of drug-likeness (QED) is 0.0917. The van der Waals surface area contributed by atoms with Crippen molar-refractivity contribution in [3.63, 3.8) is 0 Å². The van der Waals surface area contributed by atoms with Crippen molar-refractivity contribution in [2.75, 3.05) is 6.61 Å². The number of aliphatic hydroxyl groups is 1. The van der Waals surface area contributed by atoms with Crippen LogP contribution in [-0.2, 0) is 0 Å². The molecule has 1 heteroatoms. The van der Waals surface area contributed by atoms with E-state index < -0.39 is 0 Å². The van der Waals surface area contributed by atoms with E-state index in [1.54, 1.807) is 0 Å². The van der Waals surface area contributed by atoms with E-state index in [1.165, 1.54) is 154 Å². The van der Waals surface area contributed by atoms with Gasteiger partial charge >= 0.3 is 0 Å². The lowest BCUT2D eigenvalue weighted by atomic mass is 9.64. The van der Waals surface area contributed by atoms with Crippen molar-refractivity contribution in [2.24, 2.45) is 23.7 Å². The molecule has 0 spiro atoms. The summed E-state index contributed by atoms with van der Waals surface area (Å²) in [5.41, 5.74) is 0. The molecule has 36 heavy (non-hydrogen) atoms. The highest BCUT2D eigenvalue weighted by Gasteiger charge is 2.34. The zero-order valence-corrected chi connectivity index (χ0v) is 25.3. The minimum atomic E-state index is 0.367. The third kappa shape index (κ3) is 16.5. The van der Waals surface area contributed by atoms with E-state index in [1.807, 2.05) is 0 Å². The molecule has 1 aliphatic rings. The summed E-state index contributed by atoms with van der Waals surface area (Å²) in [5.74, 6) is 3.56. The molecule has 1 N–H and O–H groups in total. The molecule has 0 heterocycles. The van der Waals surface area contributed by atoms with Crippen molar-refractivity contribution in [1.82, 2.24) is 0 Å². The lowest BCUT2D eigenvalue weighted by Gasteiger charge is -2.41. The number of aliphatic hydroxyl groups excluding tert-OH is 1. The van der Waals surface area contributed by atoms with E-state index in [0.29, 0.717) is 6.61 Å². The first-order valence-corrected chi connectivity index (χ1v) is 17.1. The normalized spacial score (nSPS) is 21.9. The van der Waals surface area contributed by atoms with Crippen molar-refractivity contribution in [3.8, 4) is 0 Å². The largest absolute Gasteiger partial charge is 0.396 e. The van der Waals surface area contributed by atoms with Gasteiger partial charge in [0.25, 0.3) is 0 Å². The monoisotopic (exact) mass is 505 g/mol. The van der Waals surface area contributed by atoms with Gasteiger partial charge in [0.05, 0.1) is 0 Å². The SMILES string of the molecule is CCCCCCCCC1C(CCCCCC)C=CC(CCCCCCCO)C1CCCCCCCC. The molecular weight excluding hydrogens is 436 g/mol. The van der Waals surface area contributed by atoms with Gasteiger partial charge in [0.15, 0.2) is 0 Å². The summed E-state index contributed by atoms with van der Waals surface area (Å²) in [6.07, 6.45) is 40.3. The molecule has 0 fully saturated rings. The number of rotatable bonds is 26. The summed E-state index contributed by atoms with van der Waals surface area (Å²) in [7, 11) is 0. The van der Waals surface area contributed by atoms with Gasteiger partial charge in [-0.3, -0.25) is 0 Å². The van der Waals surface area contributed by atoms with Gasteiger partial charge in [0.1, 0.15) is 0 Å². The Morgan fingerprint density at radius 3 is 1.08 bits per heavy atom. The van der Waals surface area contributed by atoms with Crippen molar-refractivity contribution in [1.29, 1.82) is 0 Å². The van der Waals surface area contributed by atoms with Crippen LogP contribution in [0.2, 0.25) is 0 Å².